The fourth-order valence-electron chi connectivity index (χ4n) is 5.00. The van der Waals surface area contributed by atoms with E-state index in [0.717, 1.165) is 39.2 Å². The summed E-state index contributed by atoms with van der Waals surface area (Å²) in [5, 5.41) is 1.12. The van der Waals surface area contributed by atoms with Gasteiger partial charge in [-0.25, -0.2) is 0 Å². The van der Waals surface area contributed by atoms with Gasteiger partial charge in [-0.3, -0.25) is 14.5 Å². The van der Waals surface area contributed by atoms with Crippen molar-refractivity contribution in [2.45, 2.75) is 60.8 Å². The molecule has 0 aliphatic carbocycles. The summed E-state index contributed by atoms with van der Waals surface area (Å²) in [7, 11) is 0. The number of carbonyl (C=O) groups excluding carboxylic acids is 2. The zero-order chi connectivity index (χ0) is 31.5. The van der Waals surface area contributed by atoms with Gasteiger partial charge in [0.05, 0.1) is 10.8 Å². The van der Waals surface area contributed by atoms with E-state index in [4.69, 9.17) is 14.2 Å². The SMILES string of the molecule is CC(C)(C)C(=O)Oc1ccc(-c2sc3cc(OC(=O)C(C)(C)C)ccc3c2Cc2ccc(OCCN3CCCC3)cc2)cc1. The highest BCUT2D eigenvalue weighted by atomic mass is 32.1. The third-order valence-electron chi connectivity index (χ3n) is 7.71. The molecule has 0 radical (unpaired) electrons. The number of rotatable bonds is 9. The molecule has 1 saturated heterocycles. The molecule has 232 valence electrons. The van der Waals surface area contributed by atoms with E-state index in [0.29, 0.717) is 18.1 Å². The molecule has 1 aliphatic rings. The van der Waals surface area contributed by atoms with Crippen molar-refractivity contribution in [3.8, 4) is 27.7 Å². The predicted octanol–water partition coefficient (Wildman–Crippen LogP) is 8.54. The van der Waals surface area contributed by atoms with Crippen LogP contribution in [-0.2, 0) is 16.0 Å². The van der Waals surface area contributed by atoms with E-state index in [1.807, 2.05) is 84.0 Å². The number of hydrogen-bond donors (Lipinski definition) is 0. The second-order valence-corrected chi connectivity index (χ2v) is 14.6. The first-order valence-corrected chi connectivity index (χ1v) is 16.2. The van der Waals surface area contributed by atoms with Crippen LogP contribution in [0.15, 0.2) is 66.7 Å². The van der Waals surface area contributed by atoms with E-state index in [1.54, 1.807) is 11.3 Å². The average molecular weight is 614 g/mol. The van der Waals surface area contributed by atoms with Gasteiger partial charge < -0.3 is 14.2 Å². The monoisotopic (exact) mass is 613 g/mol. The number of nitrogens with zero attached hydrogens (tertiary/aromatic N) is 1. The van der Waals surface area contributed by atoms with E-state index >= 15 is 0 Å². The van der Waals surface area contributed by atoms with E-state index in [1.165, 1.54) is 37.1 Å². The number of ether oxygens (including phenoxy) is 3. The Morgan fingerprint density at radius 2 is 1.32 bits per heavy atom. The van der Waals surface area contributed by atoms with Crippen LogP contribution >= 0.6 is 11.3 Å². The number of fused-ring (bicyclic) bond motifs is 1. The highest BCUT2D eigenvalue weighted by molar-refractivity contribution is 7.22. The molecule has 0 N–H and O–H groups in total. The molecule has 4 aromatic rings. The van der Waals surface area contributed by atoms with Crippen molar-refractivity contribution < 1.29 is 23.8 Å². The van der Waals surface area contributed by atoms with Gasteiger partial charge >= 0.3 is 11.9 Å². The van der Waals surface area contributed by atoms with Crippen LogP contribution in [0.25, 0.3) is 20.5 Å². The summed E-state index contributed by atoms with van der Waals surface area (Å²) in [4.78, 5) is 28.6. The van der Waals surface area contributed by atoms with E-state index in [-0.39, 0.29) is 11.9 Å². The van der Waals surface area contributed by atoms with Crippen LogP contribution in [0.1, 0.15) is 65.5 Å². The number of hydrogen-bond acceptors (Lipinski definition) is 7. The fraction of sp³-hybridized carbons (Fsp3) is 0.405. The molecule has 0 atom stereocenters. The Balaban J connectivity index is 1.41. The van der Waals surface area contributed by atoms with Crippen LogP contribution in [0.4, 0.5) is 0 Å². The van der Waals surface area contributed by atoms with Gasteiger partial charge in [-0.1, -0.05) is 12.1 Å². The van der Waals surface area contributed by atoms with Gasteiger partial charge in [0.2, 0.25) is 0 Å². The van der Waals surface area contributed by atoms with Crippen molar-refractivity contribution in [2.24, 2.45) is 10.8 Å². The smallest absolute Gasteiger partial charge is 0.316 e. The molecule has 44 heavy (non-hydrogen) atoms. The zero-order valence-corrected chi connectivity index (χ0v) is 27.5. The van der Waals surface area contributed by atoms with Crippen molar-refractivity contribution in [2.75, 3.05) is 26.2 Å². The summed E-state index contributed by atoms with van der Waals surface area (Å²) in [5.74, 6) is 1.41. The molecule has 1 aliphatic heterocycles. The summed E-state index contributed by atoms with van der Waals surface area (Å²) in [5.41, 5.74) is 2.23. The van der Waals surface area contributed by atoms with E-state index < -0.39 is 10.8 Å². The lowest BCUT2D eigenvalue weighted by molar-refractivity contribution is -0.143. The Morgan fingerprint density at radius 3 is 1.93 bits per heavy atom. The first kappa shape index (κ1) is 31.7. The lowest BCUT2D eigenvalue weighted by Crippen LogP contribution is -2.25. The maximum absolute atomic E-state index is 12.6. The Kier molecular flexibility index (Phi) is 9.47. The summed E-state index contributed by atoms with van der Waals surface area (Å²) >= 11 is 1.67. The number of benzene rings is 3. The normalized spacial score (nSPS) is 14.1. The molecule has 1 aromatic heterocycles. The first-order chi connectivity index (χ1) is 20.9. The van der Waals surface area contributed by atoms with Crippen LogP contribution in [0.5, 0.6) is 17.2 Å². The maximum atomic E-state index is 12.6. The Morgan fingerprint density at radius 1 is 0.750 bits per heavy atom. The van der Waals surface area contributed by atoms with Gasteiger partial charge in [-0.2, -0.15) is 0 Å². The zero-order valence-electron chi connectivity index (χ0n) is 26.7. The lowest BCUT2D eigenvalue weighted by Gasteiger charge is -2.16. The summed E-state index contributed by atoms with van der Waals surface area (Å²) < 4.78 is 18.4. The number of likely N-dealkylation sites (tertiary alicyclic amines) is 1. The van der Waals surface area contributed by atoms with Crippen LogP contribution in [-0.4, -0.2) is 43.1 Å². The Labute approximate surface area is 264 Å². The Bertz CT molecular complexity index is 1600. The van der Waals surface area contributed by atoms with Crippen LogP contribution < -0.4 is 14.2 Å². The topological polar surface area (TPSA) is 65.1 Å². The third kappa shape index (κ3) is 7.88. The van der Waals surface area contributed by atoms with Crippen LogP contribution in [0.3, 0.4) is 0 Å². The fourth-order valence-corrected chi connectivity index (χ4v) is 6.26. The molecule has 5 rings (SSSR count). The standard InChI is InChI=1S/C37H43NO5S/c1-36(2,3)34(39)42-28-15-11-26(12-16-28)33-31(30-18-17-29(24-32(30)44-33)43-35(40)37(4,5)6)23-25-9-13-27(14-10-25)41-22-21-38-19-7-8-20-38/h9-18,24H,7-8,19-23H2,1-6H3. The molecule has 1 fully saturated rings. The minimum Gasteiger partial charge on any atom is -0.492 e. The van der Waals surface area contributed by atoms with E-state index in [2.05, 4.69) is 29.2 Å². The molecule has 0 spiro atoms. The first-order valence-electron chi connectivity index (χ1n) is 15.4. The maximum Gasteiger partial charge on any atom is 0.316 e. The lowest BCUT2D eigenvalue weighted by atomic mass is 9.97. The van der Waals surface area contributed by atoms with Crippen LogP contribution in [0.2, 0.25) is 0 Å². The predicted molar refractivity (Wildman–Crippen MR) is 178 cm³/mol. The molecule has 0 unspecified atom stereocenters. The van der Waals surface area contributed by atoms with Gasteiger partial charge in [-0.15, -0.1) is 11.3 Å². The molecular weight excluding hydrogens is 570 g/mol. The third-order valence-corrected chi connectivity index (χ3v) is 8.95. The molecule has 0 bridgehead atoms. The van der Waals surface area contributed by atoms with Gasteiger partial charge in [0.25, 0.3) is 0 Å². The molecular formula is C37H43NO5S. The highest BCUT2D eigenvalue weighted by Gasteiger charge is 2.25. The molecule has 7 heteroatoms. The van der Waals surface area contributed by atoms with Crippen LogP contribution in [0, 0.1) is 10.8 Å². The second kappa shape index (κ2) is 13.1. The summed E-state index contributed by atoms with van der Waals surface area (Å²) in [6.07, 6.45) is 3.30. The number of thiophene rings is 1. The quantitative estimate of drug-likeness (QED) is 0.139. The average Bonchev–Trinajstić information content (AvgIpc) is 3.61. The van der Waals surface area contributed by atoms with Crippen molar-refractivity contribution >= 4 is 33.4 Å². The highest BCUT2D eigenvalue weighted by Crippen LogP contribution is 2.42. The molecule has 2 heterocycles. The minimum atomic E-state index is -0.594. The Hall–Kier alpha value is -3.68. The van der Waals surface area contributed by atoms with Gasteiger partial charge in [-0.05, 0) is 151 Å². The van der Waals surface area contributed by atoms with Crippen molar-refractivity contribution in [3.63, 3.8) is 0 Å². The molecule has 0 amide bonds. The van der Waals surface area contributed by atoms with Gasteiger partial charge in [0.1, 0.15) is 23.9 Å². The summed E-state index contributed by atoms with van der Waals surface area (Å²) in [6.45, 7) is 15.1. The van der Waals surface area contributed by atoms with Crippen molar-refractivity contribution in [3.05, 3.63) is 77.9 Å². The van der Waals surface area contributed by atoms with Gasteiger partial charge in [0.15, 0.2) is 0 Å². The molecule has 6 nitrogen and oxygen atoms in total. The number of esters is 2. The summed E-state index contributed by atoms with van der Waals surface area (Å²) in [6, 6.07) is 21.9. The minimum absolute atomic E-state index is 0.267. The van der Waals surface area contributed by atoms with Crippen molar-refractivity contribution in [1.29, 1.82) is 0 Å². The molecule has 3 aromatic carbocycles. The van der Waals surface area contributed by atoms with Gasteiger partial charge in [0, 0.05) is 16.1 Å². The van der Waals surface area contributed by atoms with Crippen molar-refractivity contribution in [1.82, 2.24) is 4.90 Å². The largest absolute Gasteiger partial charge is 0.492 e. The molecule has 0 saturated carbocycles. The second-order valence-electron chi connectivity index (χ2n) is 13.6. The van der Waals surface area contributed by atoms with E-state index in [9.17, 15) is 9.59 Å². The number of carbonyl (C=O) groups is 2.